The van der Waals surface area contributed by atoms with Gasteiger partial charge in [-0.15, -0.1) is 0 Å². The quantitative estimate of drug-likeness (QED) is 0.437. The second kappa shape index (κ2) is 3.94. The van der Waals surface area contributed by atoms with Crippen molar-refractivity contribution < 1.29 is 14.3 Å². The fourth-order valence-electron chi connectivity index (χ4n) is 3.23. The van der Waals surface area contributed by atoms with Crippen molar-refractivity contribution >= 4 is 5.97 Å². The van der Waals surface area contributed by atoms with E-state index in [0.717, 1.165) is 11.1 Å². The van der Waals surface area contributed by atoms with Crippen LogP contribution in [-0.4, -0.2) is 19.2 Å². The van der Waals surface area contributed by atoms with Crippen molar-refractivity contribution in [1.82, 2.24) is 0 Å². The normalized spacial score (nSPS) is 32.2. The molecular weight excluding hydrogens is 242 g/mol. The number of hydrogen-bond donors (Lipinski definition) is 0. The van der Waals surface area contributed by atoms with Crippen LogP contribution < -0.4 is 4.74 Å². The minimum absolute atomic E-state index is 0.348. The van der Waals surface area contributed by atoms with E-state index < -0.39 is 17.4 Å². The summed E-state index contributed by atoms with van der Waals surface area (Å²) in [6.45, 7) is 3.92. The van der Waals surface area contributed by atoms with E-state index in [0.29, 0.717) is 12.2 Å². The lowest BCUT2D eigenvalue weighted by Crippen LogP contribution is -2.44. The Hall–Kier alpha value is -2.12. The van der Waals surface area contributed by atoms with Crippen molar-refractivity contribution in [2.45, 2.75) is 17.9 Å². The average molecular weight is 255 g/mol. The van der Waals surface area contributed by atoms with Gasteiger partial charge in [0.2, 0.25) is 0 Å². The molecular formula is C15H13NO3. The standard InChI is InChI=1S/C15H13NO3/c1-9-7-15(13(18-2)10(9)8-16)11-5-3-4-6-12(11)19-14(15)17/h3-6,10,13H,1,7H2,2H3/t10-,13-,15-/m1/s1. The first-order valence-electron chi connectivity index (χ1n) is 6.07. The highest BCUT2D eigenvalue weighted by Crippen LogP contribution is 2.54. The lowest BCUT2D eigenvalue weighted by molar-refractivity contribution is -0.142. The number of fused-ring (bicyclic) bond motifs is 2. The molecule has 0 N–H and O–H groups in total. The number of methoxy groups -OCH3 is 1. The number of nitrogens with zero attached hydrogens (tertiary/aromatic N) is 1. The van der Waals surface area contributed by atoms with E-state index in [4.69, 9.17) is 9.47 Å². The van der Waals surface area contributed by atoms with Gasteiger partial charge in [-0.3, -0.25) is 4.79 Å². The summed E-state index contributed by atoms with van der Waals surface area (Å²) in [4.78, 5) is 12.4. The monoisotopic (exact) mass is 255 g/mol. The largest absolute Gasteiger partial charge is 0.425 e. The molecule has 1 aliphatic heterocycles. The molecule has 0 radical (unpaired) electrons. The lowest BCUT2D eigenvalue weighted by Gasteiger charge is -2.27. The van der Waals surface area contributed by atoms with Gasteiger partial charge in [0.1, 0.15) is 11.2 Å². The maximum Gasteiger partial charge on any atom is 0.325 e. The van der Waals surface area contributed by atoms with Crippen LogP contribution in [0, 0.1) is 17.2 Å². The number of esters is 1. The molecule has 1 heterocycles. The molecule has 1 aromatic rings. The molecule has 96 valence electrons. The molecule has 0 bridgehead atoms. The van der Waals surface area contributed by atoms with Crippen LogP contribution in [0.5, 0.6) is 5.75 Å². The van der Waals surface area contributed by atoms with Gasteiger partial charge in [0.25, 0.3) is 0 Å². The third-order valence-corrected chi connectivity index (χ3v) is 4.06. The van der Waals surface area contributed by atoms with E-state index in [9.17, 15) is 10.1 Å². The number of carbonyl (C=O) groups excluding carboxylic acids is 1. The van der Waals surface area contributed by atoms with Crippen LogP contribution in [0.15, 0.2) is 36.4 Å². The zero-order chi connectivity index (χ0) is 13.6. The Morgan fingerprint density at radius 2 is 2.26 bits per heavy atom. The molecule has 1 fully saturated rings. The zero-order valence-electron chi connectivity index (χ0n) is 10.6. The number of carbonyl (C=O) groups is 1. The van der Waals surface area contributed by atoms with Gasteiger partial charge in [0.15, 0.2) is 0 Å². The van der Waals surface area contributed by atoms with E-state index in [1.54, 1.807) is 6.07 Å². The molecule has 3 rings (SSSR count). The van der Waals surface area contributed by atoms with Gasteiger partial charge < -0.3 is 9.47 Å². The third-order valence-electron chi connectivity index (χ3n) is 4.06. The van der Waals surface area contributed by atoms with Crippen LogP contribution in [0.4, 0.5) is 0 Å². The van der Waals surface area contributed by atoms with Crippen LogP contribution in [0.25, 0.3) is 0 Å². The maximum absolute atomic E-state index is 12.4. The first kappa shape index (κ1) is 11.9. The molecule has 0 saturated heterocycles. The molecule has 1 spiro atoms. The summed E-state index contributed by atoms with van der Waals surface area (Å²) < 4.78 is 10.8. The molecule has 1 saturated carbocycles. The smallest absolute Gasteiger partial charge is 0.325 e. The molecule has 0 amide bonds. The predicted molar refractivity (Wildman–Crippen MR) is 67.4 cm³/mol. The maximum atomic E-state index is 12.4. The highest BCUT2D eigenvalue weighted by atomic mass is 16.5. The topological polar surface area (TPSA) is 59.3 Å². The third kappa shape index (κ3) is 1.33. The Balaban J connectivity index is 2.21. The second-order valence-corrected chi connectivity index (χ2v) is 4.96. The van der Waals surface area contributed by atoms with Crippen molar-refractivity contribution in [3.63, 3.8) is 0 Å². The fraction of sp³-hybridized carbons (Fsp3) is 0.333. The Morgan fingerprint density at radius 3 is 2.95 bits per heavy atom. The van der Waals surface area contributed by atoms with Gasteiger partial charge in [-0.2, -0.15) is 5.26 Å². The molecule has 2 aliphatic rings. The van der Waals surface area contributed by atoms with Crippen molar-refractivity contribution in [3.05, 3.63) is 42.0 Å². The first-order valence-corrected chi connectivity index (χ1v) is 6.07. The summed E-state index contributed by atoms with van der Waals surface area (Å²) in [5.41, 5.74) is 0.608. The van der Waals surface area contributed by atoms with E-state index in [2.05, 4.69) is 12.6 Å². The lowest BCUT2D eigenvalue weighted by atomic mass is 9.77. The van der Waals surface area contributed by atoms with Crippen LogP contribution in [0.1, 0.15) is 12.0 Å². The Labute approximate surface area is 111 Å². The molecule has 4 nitrogen and oxygen atoms in total. The summed E-state index contributed by atoms with van der Waals surface area (Å²) in [6.07, 6.45) is -0.138. The Kier molecular flexibility index (Phi) is 2.48. The molecule has 1 aliphatic carbocycles. The van der Waals surface area contributed by atoms with Crippen LogP contribution in [0.3, 0.4) is 0 Å². The van der Waals surface area contributed by atoms with Crippen molar-refractivity contribution in [3.8, 4) is 11.8 Å². The Morgan fingerprint density at radius 1 is 1.53 bits per heavy atom. The molecule has 0 aromatic heterocycles. The van der Waals surface area contributed by atoms with Gasteiger partial charge in [-0.25, -0.2) is 0 Å². The molecule has 4 heteroatoms. The van der Waals surface area contributed by atoms with Crippen LogP contribution in [-0.2, 0) is 14.9 Å². The minimum Gasteiger partial charge on any atom is -0.425 e. The predicted octanol–water partition coefficient (Wildman–Crippen LogP) is 1.96. The van der Waals surface area contributed by atoms with E-state index in [1.807, 2.05) is 18.2 Å². The second-order valence-electron chi connectivity index (χ2n) is 4.96. The number of ether oxygens (including phenoxy) is 2. The van der Waals surface area contributed by atoms with Crippen molar-refractivity contribution in [2.75, 3.05) is 7.11 Å². The highest BCUT2D eigenvalue weighted by molar-refractivity contribution is 5.92. The molecule has 19 heavy (non-hydrogen) atoms. The first-order chi connectivity index (χ1) is 9.15. The Bertz CT molecular complexity index is 616. The van der Waals surface area contributed by atoms with Crippen LogP contribution in [0.2, 0.25) is 0 Å². The SMILES string of the molecule is C=C1C[C@]2(C(=O)Oc3ccccc32)[C@H](OC)[C@@H]1C#N. The zero-order valence-corrected chi connectivity index (χ0v) is 10.6. The van der Waals surface area contributed by atoms with E-state index >= 15 is 0 Å². The average Bonchev–Trinajstić information content (AvgIpc) is 2.86. The number of hydrogen-bond acceptors (Lipinski definition) is 4. The molecule has 0 unspecified atom stereocenters. The van der Waals surface area contributed by atoms with Gasteiger partial charge in [0, 0.05) is 12.7 Å². The summed E-state index contributed by atoms with van der Waals surface area (Å²) in [6, 6.07) is 9.48. The number of para-hydroxylation sites is 1. The minimum atomic E-state index is -0.914. The number of nitriles is 1. The highest BCUT2D eigenvalue weighted by Gasteiger charge is 2.62. The van der Waals surface area contributed by atoms with E-state index in [-0.39, 0.29) is 5.97 Å². The summed E-state index contributed by atoms with van der Waals surface area (Å²) in [5.74, 6) is -0.274. The van der Waals surface area contributed by atoms with Gasteiger partial charge >= 0.3 is 5.97 Å². The molecule has 1 aromatic carbocycles. The van der Waals surface area contributed by atoms with Crippen molar-refractivity contribution in [2.24, 2.45) is 5.92 Å². The van der Waals surface area contributed by atoms with Crippen LogP contribution >= 0.6 is 0 Å². The van der Waals surface area contributed by atoms with Crippen molar-refractivity contribution in [1.29, 1.82) is 5.26 Å². The fourth-order valence-corrected chi connectivity index (χ4v) is 3.23. The van der Waals surface area contributed by atoms with Gasteiger partial charge in [-0.05, 0) is 12.5 Å². The van der Waals surface area contributed by atoms with Gasteiger partial charge in [0.05, 0.1) is 18.1 Å². The summed E-state index contributed by atoms with van der Waals surface area (Å²) in [5, 5.41) is 9.27. The summed E-state index contributed by atoms with van der Waals surface area (Å²) in [7, 11) is 1.52. The van der Waals surface area contributed by atoms with E-state index in [1.165, 1.54) is 7.11 Å². The number of rotatable bonds is 1. The van der Waals surface area contributed by atoms with Gasteiger partial charge in [-0.1, -0.05) is 30.4 Å². The summed E-state index contributed by atoms with van der Waals surface area (Å²) >= 11 is 0. The number of benzene rings is 1. The molecule has 3 atom stereocenters.